The molecule has 0 atom stereocenters. The highest BCUT2D eigenvalue weighted by Gasteiger charge is 2.29. The number of amides is 1. The molecule has 3 aromatic carbocycles. The van der Waals surface area contributed by atoms with E-state index in [1.165, 1.54) is 23.5 Å². The van der Waals surface area contributed by atoms with Crippen molar-refractivity contribution in [2.75, 3.05) is 19.6 Å². The van der Waals surface area contributed by atoms with Crippen molar-refractivity contribution in [3.63, 3.8) is 0 Å². The van der Waals surface area contributed by atoms with Crippen LogP contribution < -0.4 is 5.56 Å². The molecule has 0 spiro atoms. The Bertz CT molecular complexity index is 1900. The number of rotatable bonds is 10. The lowest BCUT2D eigenvalue weighted by atomic mass is 10.0. The van der Waals surface area contributed by atoms with Gasteiger partial charge in [-0.3, -0.25) is 9.59 Å². The Hall–Kier alpha value is -3.92. The van der Waals surface area contributed by atoms with Crippen LogP contribution in [0.2, 0.25) is 4.34 Å². The number of piperidine rings is 1. The van der Waals surface area contributed by atoms with Crippen LogP contribution in [0.25, 0.3) is 21.3 Å². The van der Waals surface area contributed by atoms with Crippen LogP contribution in [-0.4, -0.2) is 50.9 Å². The smallest absolute Gasteiger partial charge is 0.280 e. The first-order valence-corrected chi connectivity index (χ1v) is 16.8. The van der Waals surface area contributed by atoms with E-state index >= 15 is 0 Å². The maximum atomic E-state index is 14.5. The van der Waals surface area contributed by atoms with E-state index in [2.05, 4.69) is 41.1 Å². The molecule has 238 valence electrons. The van der Waals surface area contributed by atoms with Gasteiger partial charge in [-0.05, 0) is 72.8 Å². The number of thiophene rings is 1. The maximum Gasteiger partial charge on any atom is 0.280 e. The number of carbonyl (C=O) groups is 1. The van der Waals surface area contributed by atoms with Crippen LogP contribution in [-0.2, 0) is 30.7 Å². The van der Waals surface area contributed by atoms with Crippen molar-refractivity contribution >= 4 is 39.7 Å². The summed E-state index contributed by atoms with van der Waals surface area (Å²) in [4.78, 5) is 37.2. The zero-order valence-electron chi connectivity index (χ0n) is 25.6. The molecule has 1 aliphatic rings. The molecular formula is C36H35ClF2N4O2S. The van der Waals surface area contributed by atoms with Crippen LogP contribution in [0.5, 0.6) is 0 Å². The molecule has 1 aliphatic heterocycles. The number of carbonyl (C=O) groups excluding carboxylic acids is 1. The van der Waals surface area contributed by atoms with Crippen LogP contribution >= 0.6 is 22.9 Å². The Morgan fingerprint density at radius 1 is 0.978 bits per heavy atom. The second-order valence-corrected chi connectivity index (χ2v) is 13.4. The predicted octanol–water partition coefficient (Wildman–Crippen LogP) is 7.35. The number of fused-ring (bicyclic) bond motifs is 1. The topological polar surface area (TPSA) is 58.4 Å². The van der Waals surface area contributed by atoms with Gasteiger partial charge in [0.15, 0.2) is 11.6 Å². The number of halogens is 3. The maximum absolute atomic E-state index is 14.5. The summed E-state index contributed by atoms with van der Waals surface area (Å²) >= 11 is 7.68. The lowest BCUT2D eigenvalue weighted by Crippen LogP contribution is -2.48. The van der Waals surface area contributed by atoms with Gasteiger partial charge < -0.3 is 14.4 Å². The average molecular weight is 661 g/mol. The number of benzene rings is 3. The number of hydrogen-bond acceptors (Lipinski definition) is 5. The Labute approximate surface area is 275 Å². The van der Waals surface area contributed by atoms with Gasteiger partial charge in [0.25, 0.3) is 5.56 Å². The van der Waals surface area contributed by atoms with E-state index in [0.29, 0.717) is 23.3 Å². The molecule has 1 saturated heterocycles. The summed E-state index contributed by atoms with van der Waals surface area (Å²) in [5.41, 5.74) is 2.45. The zero-order valence-corrected chi connectivity index (χ0v) is 27.2. The highest BCUT2D eigenvalue weighted by molar-refractivity contribution is 7.19. The molecule has 0 radical (unpaired) electrons. The Balaban J connectivity index is 1.31. The summed E-state index contributed by atoms with van der Waals surface area (Å²) in [6, 6.07) is 23.3. The van der Waals surface area contributed by atoms with E-state index in [4.69, 9.17) is 11.6 Å². The fourth-order valence-electron chi connectivity index (χ4n) is 6.26. The predicted molar refractivity (Wildman–Crippen MR) is 180 cm³/mol. The van der Waals surface area contributed by atoms with Crippen molar-refractivity contribution in [1.82, 2.24) is 19.4 Å². The van der Waals surface area contributed by atoms with E-state index in [1.807, 2.05) is 23.1 Å². The average Bonchev–Trinajstić information content (AvgIpc) is 3.52. The summed E-state index contributed by atoms with van der Waals surface area (Å²) in [5, 5.41) is 0.406. The van der Waals surface area contributed by atoms with Gasteiger partial charge in [0.05, 0.1) is 15.2 Å². The van der Waals surface area contributed by atoms with Gasteiger partial charge in [0, 0.05) is 37.0 Å². The van der Waals surface area contributed by atoms with Gasteiger partial charge in [-0.2, -0.15) is 4.98 Å². The Morgan fingerprint density at radius 2 is 1.74 bits per heavy atom. The second kappa shape index (κ2) is 14.2. The van der Waals surface area contributed by atoms with Gasteiger partial charge >= 0.3 is 0 Å². The molecule has 5 aromatic rings. The van der Waals surface area contributed by atoms with Crippen LogP contribution in [0.3, 0.4) is 0 Å². The number of para-hydroxylation sites is 1. The van der Waals surface area contributed by atoms with Gasteiger partial charge in [0.1, 0.15) is 12.4 Å². The molecule has 0 bridgehead atoms. The van der Waals surface area contributed by atoms with Gasteiger partial charge in [-0.25, -0.2) is 8.78 Å². The van der Waals surface area contributed by atoms with Crippen molar-refractivity contribution in [3.05, 3.63) is 122 Å². The summed E-state index contributed by atoms with van der Waals surface area (Å²) in [6.45, 7) is 5.35. The first-order chi connectivity index (χ1) is 22.3. The fraction of sp³-hybridized carbons (Fsp3) is 0.306. The summed E-state index contributed by atoms with van der Waals surface area (Å²) in [5.74, 6) is -1.56. The van der Waals surface area contributed by atoms with Crippen LogP contribution in [0.15, 0.2) is 83.7 Å². The van der Waals surface area contributed by atoms with Crippen molar-refractivity contribution in [2.24, 2.45) is 0 Å². The van der Waals surface area contributed by atoms with Crippen molar-refractivity contribution < 1.29 is 13.6 Å². The molecule has 10 heteroatoms. The number of aromatic nitrogens is 2. The van der Waals surface area contributed by atoms with Crippen molar-refractivity contribution in [1.29, 1.82) is 0 Å². The first-order valence-electron chi connectivity index (χ1n) is 15.6. The minimum atomic E-state index is -0.923. The molecule has 0 unspecified atom stereocenters. The lowest BCUT2D eigenvalue weighted by Gasteiger charge is -2.38. The Morgan fingerprint density at radius 3 is 2.46 bits per heavy atom. The van der Waals surface area contributed by atoms with E-state index in [-0.39, 0.29) is 36.9 Å². The zero-order chi connectivity index (χ0) is 32.2. The van der Waals surface area contributed by atoms with E-state index in [9.17, 15) is 18.4 Å². The summed E-state index contributed by atoms with van der Waals surface area (Å²) in [6.07, 6.45) is 2.01. The number of nitrogens with zero attached hydrogens (tertiary/aromatic N) is 4. The van der Waals surface area contributed by atoms with Gasteiger partial charge in [-0.15, -0.1) is 11.3 Å². The molecular weight excluding hydrogens is 626 g/mol. The fourth-order valence-corrected chi connectivity index (χ4v) is 7.31. The van der Waals surface area contributed by atoms with Crippen molar-refractivity contribution in [3.8, 4) is 10.4 Å². The number of aryl methyl sites for hydroxylation is 2. The molecule has 1 amide bonds. The van der Waals surface area contributed by atoms with Crippen molar-refractivity contribution in [2.45, 2.75) is 51.7 Å². The van der Waals surface area contributed by atoms with Crippen LogP contribution in [0, 0.1) is 11.6 Å². The molecule has 2 aromatic heterocycles. The molecule has 3 heterocycles. The highest BCUT2D eigenvalue weighted by Crippen LogP contribution is 2.31. The quantitative estimate of drug-likeness (QED) is 0.157. The van der Waals surface area contributed by atoms with Gasteiger partial charge in [-0.1, -0.05) is 67.1 Å². The normalized spacial score (nSPS) is 14.2. The highest BCUT2D eigenvalue weighted by atomic mass is 35.5. The van der Waals surface area contributed by atoms with Gasteiger partial charge in [0.2, 0.25) is 5.91 Å². The van der Waals surface area contributed by atoms with E-state index in [0.717, 1.165) is 58.9 Å². The third kappa shape index (κ3) is 7.07. The van der Waals surface area contributed by atoms with E-state index in [1.54, 1.807) is 22.8 Å². The molecule has 6 nitrogen and oxygen atoms in total. The van der Waals surface area contributed by atoms with E-state index < -0.39 is 17.2 Å². The third-order valence-electron chi connectivity index (χ3n) is 8.84. The summed E-state index contributed by atoms with van der Waals surface area (Å²) in [7, 11) is 0. The number of likely N-dealkylation sites (tertiary alicyclic amines) is 1. The molecule has 6 rings (SSSR count). The minimum absolute atomic E-state index is 0.0332. The molecule has 1 fully saturated rings. The molecule has 0 N–H and O–H groups in total. The largest absolute Gasteiger partial charge is 0.334 e. The standard InChI is InChI=1S/C36H35ClF2N4O2S/c1-2-41-20-18-27(19-21-41)42(22-24-10-12-25(13-11-24)31-15-16-32(37)46-31)34(44)23-43-30-9-4-3-7-28(30)36(45)40-33(43)17-14-26-6-5-8-29(38)35(26)39/h3-13,15-16,27H,2,14,17-23H2,1H3. The van der Waals surface area contributed by atoms with Crippen LogP contribution in [0.1, 0.15) is 36.7 Å². The minimum Gasteiger partial charge on any atom is -0.334 e. The monoisotopic (exact) mass is 660 g/mol. The third-order valence-corrected chi connectivity index (χ3v) is 10.1. The SMILES string of the molecule is CCN1CCC(N(Cc2ccc(-c3ccc(Cl)s3)cc2)C(=O)Cn2c(CCc3cccc(F)c3F)nc(=O)c3ccccc32)CC1. The molecule has 0 saturated carbocycles. The summed E-state index contributed by atoms with van der Waals surface area (Å²) < 4.78 is 30.9. The second-order valence-electron chi connectivity index (χ2n) is 11.6. The molecule has 46 heavy (non-hydrogen) atoms. The van der Waals surface area contributed by atoms with Crippen LogP contribution in [0.4, 0.5) is 8.78 Å². The number of hydrogen-bond donors (Lipinski definition) is 0. The molecule has 0 aliphatic carbocycles. The first kappa shape index (κ1) is 32.0. The lowest BCUT2D eigenvalue weighted by molar-refractivity contribution is -0.136. The Kier molecular flexibility index (Phi) is 9.92.